The average molecular weight is 260 g/mol. The summed E-state index contributed by atoms with van der Waals surface area (Å²) in [5.74, 6) is 1.14. The molecule has 0 aliphatic carbocycles. The first-order valence-electron chi connectivity index (χ1n) is 6.60. The number of benzene rings is 1. The van der Waals surface area contributed by atoms with E-state index >= 15 is 0 Å². The van der Waals surface area contributed by atoms with E-state index in [1.165, 1.54) is 0 Å². The van der Waals surface area contributed by atoms with E-state index in [2.05, 4.69) is 30.3 Å². The van der Waals surface area contributed by atoms with E-state index in [0.29, 0.717) is 17.4 Å². The Morgan fingerprint density at radius 1 is 1.37 bits per heavy atom. The van der Waals surface area contributed by atoms with Crippen LogP contribution in [0.2, 0.25) is 0 Å². The molecule has 1 aromatic carbocycles. The Balaban J connectivity index is 2.49. The lowest BCUT2D eigenvalue weighted by molar-refractivity contribution is 0.0697. The minimum absolute atomic E-state index is 0.311. The van der Waals surface area contributed by atoms with Crippen molar-refractivity contribution < 1.29 is 9.90 Å². The summed E-state index contributed by atoms with van der Waals surface area (Å²) in [7, 11) is 0. The minimum Gasteiger partial charge on any atom is -0.478 e. The Morgan fingerprint density at radius 3 is 2.63 bits per heavy atom. The summed E-state index contributed by atoms with van der Waals surface area (Å²) in [6.07, 6.45) is 0. The molecule has 0 spiro atoms. The molecule has 1 aromatic heterocycles. The number of hydrogen-bond donors (Lipinski definition) is 1. The molecule has 19 heavy (non-hydrogen) atoms. The van der Waals surface area contributed by atoms with Crippen LogP contribution in [0.15, 0.2) is 18.2 Å². The van der Waals surface area contributed by atoms with Crippen LogP contribution >= 0.6 is 0 Å². The Labute approximate surface area is 113 Å². The third kappa shape index (κ3) is 2.62. The van der Waals surface area contributed by atoms with Gasteiger partial charge in [0.25, 0.3) is 0 Å². The zero-order valence-electron chi connectivity index (χ0n) is 11.8. The van der Waals surface area contributed by atoms with Gasteiger partial charge in [0, 0.05) is 6.54 Å². The molecular formula is C15H20N2O2. The summed E-state index contributed by atoms with van der Waals surface area (Å²) in [5, 5.41) is 9.08. The zero-order valence-corrected chi connectivity index (χ0v) is 11.8. The fourth-order valence-electron chi connectivity index (χ4n) is 2.11. The molecule has 2 aromatic rings. The molecule has 0 bridgehead atoms. The summed E-state index contributed by atoms with van der Waals surface area (Å²) < 4.78 is 2.12. The maximum atomic E-state index is 11.1. The monoisotopic (exact) mass is 260 g/mol. The highest BCUT2D eigenvalue weighted by atomic mass is 16.4. The van der Waals surface area contributed by atoms with Crippen LogP contribution in [0.25, 0.3) is 11.0 Å². The molecule has 2 rings (SSSR count). The van der Waals surface area contributed by atoms with Crippen LogP contribution < -0.4 is 0 Å². The van der Waals surface area contributed by atoms with E-state index < -0.39 is 5.97 Å². The number of aromatic carboxylic acids is 1. The summed E-state index contributed by atoms with van der Waals surface area (Å²) in [5.41, 5.74) is 2.08. The average Bonchev–Trinajstić information content (AvgIpc) is 2.65. The number of aryl methyl sites for hydroxylation is 1. The molecule has 1 N–H and O–H groups in total. The van der Waals surface area contributed by atoms with Gasteiger partial charge in [-0.2, -0.15) is 0 Å². The molecular weight excluding hydrogens is 240 g/mol. The predicted octanol–water partition coefficient (Wildman–Crippen LogP) is 3.34. The van der Waals surface area contributed by atoms with Gasteiger partial charge in [0.1, 0.15) is 5.82 Å². The van der Waals surface area contributed by atoms with Gasteiger partial charge < -0.3 is 9.67 Å². The van der Waals surface area contributed by atoms with Gasteiger partial charge in [-0.1, -0.05) is 20.8 Å². The van der Waals surface area contributed by atoms with Crippen LogP contribution in [-0.2, 0) is 6.54 Å². The lowest BCUT2D eigenvalue weighted by Crippen LogP contribution is -2.14. The topological polar surface area (TPSA) is 55.1 Å². The number of aromatic nitrogens is 2. The Hall–Kier alpha value is -1.84. The molecule has 1 unspecified atom stereocenters. The van der Waals surface area contributed by atoms with Gasteiger partial charge in [-0.3, -0.25) is 0 Å². The van der Waals surface area contributed by atoms with Gasteiger partial charge in [0.05, 0.1) is 16.6 Å². The predicted molar refractivity (Wildman–Crippen MR) is 75.4 cm³/mol. The van der Waals surface area contributed by atoms with Gasteiger partial charge in [-0.05, 0) is 37.0 Å². The molecule has 4 heteroatoms. The van der Waals surface area contributed by atoms with Gasteiger partial charge in [-0.25, -0.2) is 9.78 Å². The lowest BCUT2D eigenvalue weighted by Gasteiger charge is -2.17. The second-order valence-electron chi connectivity index (χ2n) is 5.50. The van der Waals surface area contributed by atoms with Crippen molar-refractivity contribution >= 4 is 17.0 Å². The van der Waals surface area contributed by atoms with Crippen LogP contribution in [-0.4, -0.2) is 20.6 Å². The summed E-state index contributed by atoms with van der Waals surface area (Å²) in [6.45, 7) is 9.43. The van der Waals surface area contributed by atoms with Crippen molar-refractivity contribution in [3.8, 4) is 0 Å². The highest BCUT2D eigenvalue weighted by molar-refractivity contribution is 5.92. The molecule has 0 saturated carbocycles. The Kier molecular flexibility index (Phi) is 3.60. The van der Waals surface area contributed by atoms with E-state index in [9.17, 15) is 4.79 Å². The molecule has 0 radical (unpaired) electrons. The maximum Gasteiger partial charge on any atom is 0.335 e. The third-order valence-electron chi connectivity index (χ3n) is 3.79. The molecule has 0 fully saturated rings. The van der Waals surface area contributed by atoms with Crippen molar-refractivity contribution in [3.05, 3.63) is 29.6 Å². The van der Waals surface area contributed by atoms with Crippen molar-refractivity contribution in [3.63, 3.8) is 0 Å². The number of carboxylic acid groups (broad SMARTS) is 1. The van der Waals surface area contributed by atoms with Gasteiger partial charge in [-0.15, -0.1) is 0 Å². The molecule has 0 aliphatic rings. The standard InChI is InChI=1S/C15H20N2O2/c1-9(2)10(3)8-17-11(4)16-13-6-5-12(15(18)19)7-14(13)17/h5-7,9-10H,8H2,1-4H3,(H,18,19). The quantitative estimate of drug-likeness (QED) is 0.917. The number of fused-ring (bicyclic) bond motifs is 1. The molecule has 102 valence electrons. The summed E-state index contributed by atoms with van der Waals surface area (Å²) in [6, 6.07) is 5.10. The first-order chi connectivity index (χ1) is 8.90. The van der Waals surface area contributed by atoms with Crippen molar-refractivity contribution in [2.45, 2.75) is 34.2 Å². The fraction of sp³-hybridized carbons (Fsp3) is 0.467. The molecule has 1 heterocycles. The normalized spacial score (nSPS) is 13.1. The largest absolute Gasteiger partial charge is 0.478 e. The van der Waals surface area contributed by atoms with Crippen LogP contribution in [0.5, 0.6) is 0 Å². The molecule has 4 nitrogen and oxygen atoms in total. The molecule has 0 saturated heterocycles. The number of carbonyl (C=O) groups is 1. The zero-order chi connectivity index (χ0) is 14.2. The summed E-state index contributed by atoms with van der Waals surface area (Å²) in [4.78, 5) is 15.6. The second kappa shape index (κ2) is 5.03. The Bertz CT molecular complexity index is 614. The number of imidazole rings is 1. The van der Waals surface area contributed by atoms with Gasteiger partial charge in [0.2, 0.25) is 0 Å². The highest BCUT2D eigenvalue weighted by Crippen LogP contribution is 2.21. The first-order valence-corrected chi connectivity index (χ1v) is 6.60. The van der Waals surface area contributed by atoms with E-state index in [0.717, 1.165) is 23.4 Å². The van der Waals surface area contributed by atoms with Crippen LogP contribution in [0.1, 0.15) is 37.0 Å². The minimum atomic E-state index is -0.899. The number of carboxylic acids is 1. The van der Waals surface area contributed by atoms with Crippen molar-refractivity contribution in [2.24, 2.45) is 11.8 Å². The van der Waals surface area contributed by atoms with Crippen LogP contribution in [0.3, 0.4) is 0 Å². The Morgan fingerprint density at radius 2 is 2.05 bits per heavy atom. The first kappa shape index (κ1) is 13.6. The van der Waals surface area contributed by atoms with Crippen molar-refractivity contribution in [1.82, 2.24) is 9.55 Å². The fourth-order valence-corrected chi connectivity index (χ4v) is 2.11. The van der Waals surface area contributed by atoms with E-state index in [1.807, 2.05) is 6.92 Å². The van der Waals surface area contributed by atoms with Gasteiger partial charge in [0.15, 0.2) is 0 Å². The molecule has 0 amide bonds. The maximum absolute atomic E-state index is 11.1. The van der Waals surface area contributed by atoms with Crippen LogP contribution in [0.4, 0.5) is 0 Å². The van der Waals surface area contributed by atoms with Crippen molar-refractivity contribution in [2.75, 3.05) is 0 Å². The second-order valence-corrected chi connectivity index (χ2v) is 5.50. The smallest absolute Gasteiger partial charge is 0.335 e. The third-order valence-corrected chi connectivity index (χ3v) is 3.79. The number of rotatable bonds is 4. The molecule has 0 aliphatic heterocycles. The number of nitrogens with zero attached hydrogens (tertiary/aromatic N) is 2. The number of hydrogen-bond acceptors (Lipinski definition) is 2. The SMILES string of the molecule is Cc1nc2ccc(C(=O)O)cc2n1CC(C)C(C)C. The van der Waals surface area contributed by atoms with Crippen molar-refractivity contribution in [1.29, 1.82) is 0 Å². The summed E-state index contributed by atoms with van der Waals surface area (Å²) >= 11 is 0. The molecule has 1 atom stereocenters. The van der Waals surface area contributed by atoms with E-state index in [4.69, 9.17) is 5.11 Å². The van der Waals surface area contributed by atoms with Crippen LogP contribution in [0, 0.1) is 18.8 Å². The van der Waals surface area contributed by atoms with E-state index in [1.54, 1.807) is 18.2 Å². The highest BCUT2D eigenvalue weighted by Gasteiger charge is 2.14. The lowest BCUT2D eigenvalue weighted by atomic mass is 9.98. The van der Waals surface area contributed by atoms with E-state index in [-0.39, 0.29) is 0 Å². The van der Waals surface area contributed by atoms with Gasteiger partial charge >= 0.3 is 5.97 Å².